The second-order valence-electron chi connectivity index (χ2n) is 3.89. The molecule has 0 bridgehead atoms. The molecule has 0 unspecified atom stereocenters. The van der Waals surface area contributed by atoms with Gasteiger partial charge in [0.05, 0.1) is 11.3 Å². The van der Waals surface area contributed by atoms with Crippen LogP contribution in [0.4, 0.5) is 0 Å². The van der Waals surface area contributed by atoms with Crippen LogP contribution < -0.4 is 0 Å². The Labute approximate surface area is 122 Å². The molecule has 0 atom stereocenters. The molecule has 0 spiro atoms. The highest BCUT2D eigenvalue weighted by Crippen LogP contribution is 2.19. The van der Waals surface area contributed by atoms with Crippen molar-refractivity contribution in [2.24, 2.45) is 0 Å². The molecule has 0 fully saturated rings. The molecule has 3 rings (SSSR count). The molecular weight excluding hydrogens is 320 g/mol. The first-order chi connectivity index (χ1) is 9.78. The number of aromatic nitrogens is 5. The van der Waals surface area contributed by atoms with Gasteiger partial charge >= 0.3 is 0 Å². The van der Waals surface area contributed by atoms with E-state index in [0.717, 1.165) is 4.47 Å². The summed E-state index contributed by atoms with van der Waals surface area (Å²) in [5.41, 5.74) is 1.83. The van der Waals surface area contributed by atoms with Crippen molar-refractivity contribution in [2.75, 3.05) is 0 Å². The predicted octanol–water partition coefficient (Wildman–Crippen LogP) is 2.36. The van der Waals surface area contributed by atoms with Gasteiger partial charge in [-0.2, -0.15) is 5.26 Å². The van der Waals surface area contributed by atoms with Gasteiger partial charge in [0.25, 0.3) is 0 Å². The molecule has 0 radical (unpaired) electrons. The van der Waals surface area contributed by atoms with Gasteiger partial charge in [0.2, 0.25) is 5.82 Å². The minimum Gasteiger partial charge on any atom is -0.253 e. The van der Waals surface area contributed by atoms with Gasteiger partial charge in [0.1, 0.15) is 11.8 Å². The van der Waals surface area contributed by atoms with Crippen LogP contribution in [0.2, 0.25) is 0 Å². The summed E-state index contributed by atoms with van der Waals surface area (Å²) in [6.45, 7) is 0. The molecule has 0 amide bonds. The summed E-state index contributed by atoms with van der Waals surface area (Å²) >= 11 is 3.31. The maximum absolute atomic E-state index is 9.02. The molecule has 6 nitrogen and oxygen atoms in total. The summed E-state index contributed by atoms with van der Waals surface area (Å²) in [5.74, 6) is 0.437. The zero-order chi connectivity index (χ0) is 13.9. The van der Waals surface area contributed by atoms with Gasteiger partial charge in [-0.25, -0.2) is 0 Å². The normalized spacial score (nSPS) is 10.2. The first-order valence-corrected chi connectivity index (χ1v) is 6.48. The third-order valence-electron chi connectivity index (χ3n) is 2.61. The van der Waals surface area contributed by atoms with Crippen LogP contribution in [-0.4, -0.2) is 25.2 Å². The topological polar surface area (TPSA) is 80.3 Å². The maximum Gasteiger partial charge on any atom is 0.223 e. The van der Waals surface area contributed by atoms with Crippen molar-refractivity contribution in [3.63, 3.8) is 0 Å². The van der Waals surface area contributed by atoms with Crippen molar-refractivity contribution in [1.82, 2.24) is 25.2 Å². The lowest BCUT2D eigenvalue weighted by atomic mass is 10.2. The largest absolute Gasteiger partial charge is 0.253 e. The van der Waals surface area contributed by atoms with Crippen molar-refractivity contribution < 1.29 is 0 Å². The van der Waals surface area contributed by atoms with Crippen LogP contribution in [0, 0.1) is 11.3 Å². The van der Waals surface area contributed by atoms with Crippen LogP contribution in [0.5, 0.6) is 0 Å². The van der Waals surface area contributed by atoms with E-state index in [4.69, 9.17) is 5.26 Å². The first kappa shape index (κ1) is 12.4. The smallest absolute Gasteiger partial charge is 0.223 e. The molecule has 2 heterocycles. The van der Waals surface area contributed by atoms with E-state index in [-0.39, 0.29) is 0 Å². The van der Waals surface area contributed by atoms with E-state index < -0.39 is 0 Å². The zero-order valence-electron chi connectivity index (χ0n) is 10.1. The highest BCUT2D eigenvalue weighted by Gasteiger charge is 2.09. The molecule has 0 aliphatic carbocycles. The Kier molecular flexibility index (Phi) is 3.23. The Morgan fingerprint density at radius 3 is 2.85 bits per heavy atom. The predicted molar refractivity (Wildman–Crippen MR) is 74.8 cm³/mol. The van der Waals surface area contributed by atoms with Crippen LogP contribution in [0.3, 0.4) is 0 Å². The van der Waals surface area contributed by atoms with Gasteiger partial charge in [0, 0.05) is 10.7 Å². The van der Waals surface area contributed by atoms with Gasteiger partial charge in [-0.1, -0.05) is 6.07 Å². The van der Waals surface area contributed by atoms with E-state index in [1.54, 1.807) is 24.4 Å². The second kappa shape index (κ2) is 5.19. The molecule has 1 aromatic carbocycles. The highest BCUT2D eigenvalue weighted by molar-refractivity contribution is 9.10. The van der Waals surface area contributed by atoms with Crippen molar-refractivity contribution in [3.05, 3.63) is 52.6 Å². The summed E-state index contributed by atoms with van der Waals surface area (Å²) in [7, 11) is 0. The SMILES string of the molecule is N#Cc1cc(-n2nnc(-c3ccccn3)n2)ccc1Br. The number of rotatable bonds is 2. The zero-order valence-corrected chi connectivity index (χ0v) is 11.7. The number of nitrogens with zero attached hydrogens (tertiary/aromatic N) is 6. The van der Waals surface area contributed by atoms with Crippen LogP contribution >= 0.6 is 15.9 Å². The molecule has 3 aromatic rings. The van der Waals surface area contributed by atoms with E-state index in [0.29, 0.717) is 22.8 Å². The molecule has 0 saturated carbocycles. The Balaban J connectivity index is 2.01. The summed E-state index contributed by atoms with van der Waals surface area (Å²) in [6.07, 6.45) is 1.67. The third-order valence-corrected chi connectivity index (χ3v) is 3.30. The Bertz CT molecular complexity index is 790. The van der Waals surface area contributed by atoms with Crippen molar-refractivity contribution in [3.8, 4) is 23.3 Å². The molecule has 96 valence electrons. The minimum atomic E-state index is 0.437. The molecule has 0 aliphatic rings. The fourth-order valence-electron chi connectivity index (χ4n) is 1.64. The van der Waals surface area contributed by atoms with E-state index in [1.807, 2.05) is 18.2 Å². The average Bonchev–Trinajstić information content (AvgIpc) is 2.98. The number of hydrogen-bond donors (Lipinski definition) is 0. The van der Waals surface area contributed by atoms with Gasteiger partial charge in [-0.05, 0) is 51.5 Å². The Hall–Kier alpha value is -2.59. The van der Waals surface area contributed by atoms with Gasteiger partial charge in [-0.15, -0.1) is 15.0 Å². The van der Waals surface area contributed by atoms with Crippen molar-refractivity contribution >= 4 is 15.9 Å². The van der Waals surface area contributed by atoms with E-state index in [1.165, 1.54) is 4.80 Å². The number of nitriles is 1. The van der Waals surface area contributed by atoms with Crippen LogP contribution in [0.25, 0.3) is 17.2 Å². The number of tetrazole rings is 1. The van der Waals surface area contributed by atoms with Crippen LogP contribution in [0.15, 0.2) is 47.1 Å². The molecule has 0 aliphatic heterocycles. The quantitative estimate of drug-likeness (QED) is 0.722. The third kappa shape index (κ3) is 2.29. The fourth-order valence-corrected chi connectivity index (χ4v) is 1.98. The summed E-state index contributed by atoms with van der Waals surface area (Å²) in [6, 6.07) is 12.8. The molecule has 7 heteroatoms. The van der Waals surface area contributed by atoms with Crippen LogP contribution in [-0.2, 0) is 0 Å². The van der Waals surface area contributed by atoms with Gasteiger partial charge < -0.3 is 0 Å². The van der Waals surface area contributed by atoms with E-state index in [9.17, 15) is 0 Å². The van der Waals surface area contributed by atoms with E-state index >= 15 is 0 Å². The minimum absolute atomic E-state index is 0.437. The summed E-state index contributed by atoms with van der Waals surface area (Å²) in [5, 5.41) is 21.2. The lowest BCUT2D eigenvalue weighted by molar-refractivity contribution is 0.719. The lowest BCUT2D eigenvalue weighted by Gasteiger charge is -2.00. The number of benzene rings is 1. The Morgan fingerprint density at radius 1 is 1.20 bits per heavy atom. The highest BCUT2D eigenvalue weighted by atomic mass is 79.9. The van der Waals surface area contributed by atoms with E-state index in [2.05, 4.69) is 42.4 Å². The van der Waals surface area contributed by atoms with Gasteiger partial charge in [-0.3, -0.25) is 4.98 Å². The summed E-state index contributed by atoms with van der Waals surface area (Å²) < 4.78 is 0.730. The first-order valence-electron chi connectivity index (χ1n) is 5.69. The lowest BCUT2D eigenvalue weighted by Crippen LogP contribution is -1.99. The maximum atomic E-state index is 9.02. The monoisotopic (exact) mass is 326 g/mol. The number of halogens is 1. The number of hydrogen-bond acceptors (Lipinski definition) is 5. The molecule has 0 saturated heterocycles. The number of pyridine rings is 1. The average molecular weight is 327 g/mol. The standard InChI is InChI=1S/C13H7BrN6/c14-11-5-4-10(7-9(11)8-15)20-18-13(17-19-20)12-3-1-2-6-16-12/h1-7H. The second-order valence-corrected chi connectivity index (χ2v) is 4.75. The van der Waals surface area contributed by atoms with Crippen molar-refractivity contribution in [1.29, 1.82) is 5.26 Å². The Morgan fingerprint density at radius 2 is 2.10 bits per heavy atom. The van der Waals surface area contributed by atoms with Crippen molar-refractivity contribution in [2.45, 2.75) is 0 Å². The molecule has 20 heavy (non-hydrogen) atoms. The molecule has 2 aromatic heterocycles. The molecular formula is C13H7BrN6. The summed E-state index contributed by atoms with van der Waals surface area (Å²) in [4.78, 5) is 5.54. The fraction of sp³-hybridized carbons (Fsp3) is 0. The van der Waals surface area contributed by atoms with Crippen LogP contribution in [0.1, 0.15) is 5.56 Å². The molecule has 0 N–H and O–H groups in total. The van der Waals surface area contributed by atoms with Gasteiger partial charge in [0.15, 0.2) is 0 Å².